The maximum Gasteiger partial charge on any atom is 0.418 e. The fourth-order valence-electron chi connectivity index (χ4n) is 3.86. The number of aromatic nitrogens is 2. The fraction of sp³-hybridized carbons (Fsp3) is 0.208. The number of alkyl halides is 6. The first-order chi connectivity index (χ1) is 16.0. The highest BCUT2D eigenvalue weighted by Crippen LogP contribution is 2.41. The molecule has 2 unspecified atom stereocenters. The number of pyridine rings is 2. The number of allylic oxidation sites excluding steroid dienone is 3. The number of carbonyl (C=O) groups is 1. The van der Waals surface area contributed by atoms with E-state index in [0.717, 1.165) is 35.9 Å². The summed E-state index contributed by atoms with van der Waals surface area (Å²) in [4.78, 5) is 21.0. The number of carbonyl (C=O) groups excluding carboxylic acids is 1. The maximum atomic E-state index is 13.7. The first-order valence-electron chi connectivity index (χ1n) is 10.2. The smallest absolute Gasteiger partial charge is 0.343 e. The van der Waals surface area contributed by atoms with Crippen molar-refractivity contribution in [3.8, 4) is 0 Å². The third-order valence-corrected chi connectivity index (χ3v) is 5.50. The van der Waals surface area contributed by atoms with E-state index < -0.39 is 53.5 Å². The molecular weight excluding hydrogens is 460 g/mol. The van der Waals surface area contributed by atoms with Crippen LogP contribution < -0.4 is 5.32 Å². The van der Waals surface area contributed by atoms with Gasteiger partial charge in [0.05, 0.1) is 22.8 Å². The Hall–Kier alpha value is -3.69. The SMILES string of the molecule is O=C(NC(c1ncccc1C(F)(F)F)C1C=CC=C(C(F)(F)F)C1)c1ccc2cccnc2c1. The van der Waals surface area contributed by atoms with Crippen molar-refractivity contribution < 1.29 is 31.1 Å². The van der Waals surface area contributed by atoms with Crippen molar-refractivity contribution in [3.05, 3.63) is 95.5 Å². The van der Waals surface area contributed by atoms with Crippen LogP contribution in [0.4, 0.5) is 26.3 Å². The van der Waals surface area contributed by atoms with E-state index in [1.165, 1.54) is 24.4 Å². The molecule has 3 aromatic rings. The summed E-state index contributed by atoms with van der Waals surface area (Å²) in [5, 5.41) is 3.24. The van der Waals surface area contributed by atoms with Gasteiger partial charge in [0.1, 0.15) is 0 Å². The Kier molecular flexibility index (Phi) is 6.16. The number of benzene rings is 1. The Morgan fingerprint density at radius 2 is 1.71 bits per heavy atom. The average Bonchev–Trinajstić information content (AvgIpc) is 2.81. The molecule has 1 aliphatic rings. The second-order valence-electron chi connectivity index (χ2n) is 7.74. The number of halogens is 6. The summed E-state index contributed by atoms with van der Waals surface area (Å²) in [6.07, 6.45) is -4.11. The topological polar surface area (TPSA) is 54.9 Å². The van der Waals surface area contributed by atoms with E-state index in [0.29, 0.717) is 5.52 Å². The van der Waals surface area contributed by atoms with Crippen LogP contribution in [0.15, 0.2) is 78.7 Å². The van der Waals surface area contributed by atoms with Gasteiger partial charge in [-0.05, 0) is 36.8 Å². The third-order valence-electron chi connectivity index (χ3n) is 5.50. The number of hydrogen-bond acceptors (Lipinski definition) is 3. The number of rotatable bonds is 4. The van der Waals surface area contributed by atoms with E-state index in [-0.39, 0.29) is 5.56 Å². The summed E-state index contributed by atoms with van der Waals surface area (Å²) in [5.74, 6) is -1.87. The molecule has 1 aliphatic carbocycles. The van der Waals surface area contributed by atoms with Gasteiger partial charge in [-0.3, -0.25) is 14.8 Å². The lowest BCUT2D eigenvalue weighted by atomic mass is 9.84. The summed E-state index contributed by atoms with van der Waals surface area (Å²) in [6, 6.07) is 8.44. The maximum absolute atomic E-state index is 13.7. The van der Waals surface area contributed by atoms with E-state index in [1.807, 2.05) is 0 Å². The summed E-state index contributed by atoms with van der Waals surface area (Å²) in [7, 11) is 0. The van der Waals surface area contributed by atoms with Gasteiger partial charge in [0, 0.05) is 34.8 Å². The molecule has 176 valence electrons. The standard InChI is InChI=1S/C24H17F6N3O/c25-23(26,27)17-6-1-4-15(12-17)20(21-18(24(28,29)30)7-3-11-32-21)33-22(34)16-9-8-14-5-2-10-31-19(14)13-16/h1-11,13,15,20H,12H2,(H,33,34). The summed E-state index contributed by atoms with van der Waals surface area (Å²) in [6.45, 7) is 0. The zero-order valence-electron chi connectivity index (χ0n) is 17.4. The van der Waals surface area contributed by atoms with E-state index in [4.69, 9.17) is 0 Å². The largest absolute Gasteiger partial charge is 0.418 e. The second kappa shape index (κ2) is 8.92. The molecule has 2 atom stereocenters. The minimum Gasteiger partial charge on any atom is -0.343 e. The van der Waals surface area contributed by atoms with Gasteiger partial charge in [-0.15, -0.1) is 0 Å². The highest BCUT2D eigenvalue weighted by Gasteiger charge is 2.41. The van der Waals surface area contributed by atoms with Crippen LogP contribution in [0.5, 0.6) is 0 Å². The zero-order valence-corrected chi connectivity index (χ0v) is 17.4. The number of fused-ring (bicyclic) bond motifs is 1. The molecule has 0 radical (unpaired) electrons. The second-order valence-corrected chi connectivity index (χ2v) is 7.74. The van der Waals surface area contributed by atoms with Crippen molar-refractivity contribution in [1.82, 2.24) is 15.3 Å². The first kappa shape index (κ1) is 23.5. The molecule has 2 aromatic heterocycles. The lowest BCUT2D eigenvalue weighted by Crippen LogP contribution is -2.36. The van der Waals surface area contributed by atoms with Gasteiger partial charge in [0.15, 0.2) is 0 Å². The van der Waals surface area contributed by atoms with Gasteiger partial charge in [-0.25, -0.2) is 0 Å². The van der Waals surface area contributed by atoms with Crippen LogP contribution in [0.2, 0.25) is 0 Å². The lowest BCUT2D eigenvalue weighted by molar-refractivity contribution is -0.139. The molecule has 34 heavy (non-hydrogen) atoms. The number of hydrogen-bond donors (Lipinski definition) is 1. The van der Waals surface area contributed by atoms with Crippen molar-refractivity contribution in [2.24, 2.45) is 5.92 Å². The van der Waals surface area contributed by atoms with Crippen LogP contribution in [0, 0.1) is 5.92 Å². The highest BCUT2D eigenvalue weighted by atomic mass is 19.4. The number of nitrogens with zero attached hydrogens (tertiary/aromatic N) is 2. The molecule has 1 amide bonds. The van der Waals surface area contributed by atoms with Gasteiger partial charge in [0.2, 0.25) is 0 Å². The molecule has 0 bridgehead atoms. The molecule has 4 nitrogen and oxygen atoms in total. The molecule has 0 saturated carbocycles. The molecule has 0 spiro atoms. The van der Waals surface area contributed by atoms with E-state index >= 15 is 0 Å². The van der Waals surface area contributed by atoms with Crippen LogP contribution in [-0.4, -0.2) is 22.1 Å². The third kappa shape index (κ3) is 4.95. The normalized spacial score (nSPS) is 17.4. The van der Waals surface area contributed by atoms with Crippen molar-refractivity contribution in [2.75, 3.05) is 0 Å². The van der Waals surface area contributed by atoms with Crippen LogP contribution in [0.1, 0.15) is 34.1 Å². The predicted molar refractivity (Wildman–Crippen MR) is 113 cm³/mol. The molecule has 0 aliphatic heterocycles. The molecule has 4 rings (SSSR count). The minimum absolute atomic E-state index is 0.104. The molecule has 1 aromatic carbocycles. The lowest BCUT2D eigenvalue weighted by Gasteiger charge is -2.30. The van der Waals surface area contributed by atoms with Crippen molar-refractivity contribution in [1.29, 1.82) is 0 Å². The van der Waals surface area contributed by atoms with Crippen LogP contribution in [-0.2, 0) is 6.18 Å². The number of nitrogens with one attached hydrogen (secondary N) is 1. The van der Waals surface area contributed by atoms with Gasteiger partial charge in [-0.1, -0.05) is 30.4 Å². The van der Waals surface area contributed by atoms with Gasteiger partial charge in [0.25, 0.3) is 5.91 Å². The van der Waals surface area contributed by atoms with Crippen molar-refractivity contribution in [2.45, 2.75) is 24.8 Å². The molecule has 1 N–H and O–H groups in total. The molecule has 0 saturated heterocycles. The van der Waals surface area contributed by atoms with Crippen LogP contribution >= 0.6 is 0 Å². The van der Waals surface area contributed by atoms with Gasteiger partial charge < -0.3 is 5.32 Å². The minimum atomic E-state index is -4.82. The molecule has 10 heteroatoms. The predicted octanol–water partition coefficient (Wildman–Crippen LogP) is 6.18. The Balaban J connectivity index is 1.73. The van der Waals surface area contributed by atoms with Crippen molar-refractivity contribution >= 4 is 16.8 Å². The Labute approximate surface area is 190 Å². The molecular formula is C24H17F6N3O. The molecule has 0 fully saturated rings. The van der Waals surface area contributed by atoms with E-state index in [9.17, 15) is 31.1 Å². The first-order valence-corrected chi connectivity index (χ1v) is 10.2. The zero-order chi connectivity index (χ0) is 24.5. The highest BCUT2D eigenvalue weighted by molar-refractivity contribution is 5.98. The summed E-state index contributed by atoms with van der Waals surface area (Å²) in [5.41, 5.74) is -2.00. The summed E-state index contributed by atoms with van der Waals surface area (Å²) < 4.78 is 81.1. The summed E-state index contributed by atoms with van der Waals surface area (Å²) >= 11 is 0. The monoisotopic (exact) mass is 477 g/mol. The van der Waals surface area contributed by atoms with Gasteiger partial charge >= 0.3 is 12.4 Å². The quantitative estimate of drug-likeness (QED) is 0.457. The van der Waals surface area contributed by atoms with Gasteiger partial charge in [-0.2, -0.15) is 26.3 Å². The van der Waals surface area contributed by atoms with E-state index in [2.05, 4.69) is 15.3 Å². The van der Waals surface area contributed by atoms with E-state index in [1.54, 1.807) is 18.2 Å². The fourth-order valence-corrected chi connectivity index (χ4v) is 3.86. The average molecular weight is 477 g/mol. The molecule has 2 heterocycles. The Morgan fingerprint density at radius 1 is 0.971 bits per heavy atom. The van der Waals surface area contributed by atoms with Crippen LogP contribution in [0.25, 0.3) is 10.9 Å². The Morgan fingerprint density at radius 3 is 2.44 bits per heavy atom. The number of amides is 1. The van der Waals surface area contributed by atoms with Crippen LogP contribution in [0.3, 0.4) is 0 Å². The Bertz CT molecular complexity index is 1280. The van der Waals surface area contributed by atoms with Crippen molar-refractivity contribution in [3.63, 3.8) is 0 Å².